The van der Waals surface area contributed by atoms with Gasteiger partial charge in [0.1, 0.15) is 11.3 Å². The van der Waals surface area contributed by atoms with E-state index in [0.717, 1.165) is 10.9 Å². The third-order valence-electron chi connectivity index (χ3n) is 5.17. The number of hydrogen-bond acceptors (Lipinski definition) is 5. The van der Waals surface area contributed by atoms with Crippen LogP contribution in [0.3, 0.4) is 0 Å². The molecule has 0 radical (unpaired) electrons. The van der Waals surface area contributed by atoms with Crippen LogP contribution < -0.4 is 0 Å². The molecule has 130 valence electrons. The van der Waals surface area contributed by atoms with Crippen molar-refractivity contribution in [1.29, 1.82) is 0 Å². The molecule has 2 amide bonds. The summed E-state index contributed by atoms with van der Waals surface area (Å²) in [7, 11) is 0. The highest BCUT2D eigenvalue weighted by Gasteiger charge is 2.41. The molecule has 1 aliphatic rings. The number of benzene rings is 3. The van der Waals surface area contributed by atoms with Gasteiger partial charge in [0.05, 0.1) is 16.6 Å². The van der Waals surface area contributed by atoms with Gasteiger partial charge < -0.3 is 14.5 Å². The molecule has 7 heteroatoms. The van der Waals surface area contributed by atoms with Crippen molar-refractivity contribution >= 4 is 55.6 Å². The van der Waals surface area contributed by atoms with Crippen LogP contribution in [0.2, 0.25) is 0 Å². The Morgan fingerprint density at radius 1 is 0.926 bits per heavy atom. The molecule has 0 saturated carbocycles. The van der Waals surface area contributed by atoms with Crippen LogP contribution in [0.1, 0.15) is 20.7 Å². The highest BCUT2D eigenvalue weighted by atomic mass is 16.5. The van der Waals surface area contributed by atoms with E-state index in [1.54, 1.807) is 6.07 Å². The Morgan fingerprint density at radius 2 is 1.67 bits per heavy atom. The number of fused-ring (bicyclic) bond motifs is 10. The molecule has 3 aromatic carbocycles. The van der Waals surface area contributed by atoms with E-state index in [4.69, 9.17) is 4.42 Å². The number of imide groups is 1. The first-order valence-corrected chi connectivity index (χ1v) is 8.25. The summed E-state index contributed by atoms with van der Waals surface area (Å²) < 4.78 is 5.99. The average Bonchev–Trinajstić information content (AvgIpc) is 3.29. The third kappa shape index (κ3) is 1.55. The maximum absolute atomic E-state index is 12.7. The number of aromatic nitrogens is 1. The number of nitrogens with zero attached hydrogens (tertiary/aromatic N) is 1. The molecule has 0 bridgehead atoms. The van der Waals surface area contributed by atoms with E-state index in [0.29, 0.717) is 32.8 Å². The summed E-state index contributed by atoms with van der Waals surface area (Å²) >= 11 is 0. The highest BCUT2D eigenvalue weighted by molar-refractivity contribution is 6.38. The number of aromatic hydroxyl groups is 1. The second kappa shape index (κ2) is 4.46. The molecule has 0 aliphatic carbocycles. The molecule has 6 rings (SSSR count). The molecule has 5 aromatic rings. The minimum Gasteiger partial charge on any atom is -0.508 e. The molecule has 3 heterocycles. The van der Waals surface area contributed by atoms with Crippen molar-refractivity contribution in [2.24, 2.45) is 0 Å². The van der Waals surface area contributed by atoms with Crippen molar-refractivity contribution < 1.29 is 24.3 Å². The van der Waals surface area contributed by atoms with Crippen molar-refractivity contribution in [2.75, 3.05) is 0 Å². The Balaban J connectivity index is 2.00. The number of hydrogen-bond donors (Lipinski definition) is 3. The largest absolute Gasteiger partial charge is 0.508 e. The number of amides is 2. The molecule has 0 saturated heterocycles. The van der Waals surface area contributed by atoms with E-state index < -0.39 is 11.8 Å². The van der Waals surface area contributed by atoms with Crippen molar-refractivity contribution in [3.05, 3.63) is 53.6 Å². The van der Waals surface area contributed by atoms with Gasteiger partial charge in [-0.05, 0) is 24.3 Å². The first-order valence-electron chi connectivity index (χ1n) is 8.25. The second-order valence-electron chi connectivity index (χ2n) is 6.58. The van der Waals surface area contributed by atoms with Crippen LogP contribution in [0.4, 0.5) is 0 Å². The Hall–Kier alpha value is -3.84. The quantitative estimate of drug-likeness (QED) is 0.287. The number of phenols is 1. The highest BCUT2D eigenvalue weighted by Crippen LogP contribution is 2.45. The summed E-state index contributed by atoms with van der Waals surface area (Å²) in [5, 5.41) is 22.2. The van der Waals surface area contributed by atoms with Gasteiger partial charge in [0.2, 0.25) is 0 Å². The number of furan rings is 1. The summed E-state index contributed by atoms with van der Waals surface area (Å²) in [6.45, 7) is 0. The van der Waals surface area contributed by atoms with Crippen LogP contribution >= 0.6 is 0 Å². The molecule has 0 fully saturated rings. The summed E-state index contributed by atoms with van der Waals surface area (Å²) in [4.78, 5) is 28.6. The normalized spacial score (nSPS) is 14.3. The van der Waals surface area contributed by atoms with Crippen molar-refractivity contribution in [1.82, 2.24) is 10.0 Å². The van der Waals surface area contributed by atoms with E-state index in [1.165, 1.54) is 12.1 Å². The fraction of sp³-hybridized carbons (Fsp3) is 0. The fourth-order valence-corrected chi connectivity index (χ4v) is 4.06. The first-order chi connectivity index (χ1) is 13.1. The van der Waals surface area contributed by atoms with E-state index in [-0.39, 0.29) is 21.9 Å². The minimum absolute atomic E-state index is 0.00770. The van der Waals surface area contributed by atoms with Crippen LogP contribution in [0.25, 0.3) is 43.7 Å². The monoisotopic (exact) mass is 358 g/mol. The van der Waals surface area contributed by atoms with Crippen LogP contribution in [-0.2, 0) is 0 Å². The van der Waals surface area contributed by atoms with Gasteiger partial charge in [-0.1, -0.05) is 18.2 Å². The molecule has 0 spiro atoms. The number of carbonyl (C=O) groups excluding carboxylic acids is 2. The standard InChI is InChI=1S/C20H10N2O5/c23-8-5-6-12-10(7-8)14-16-15(19(24)22(26)20(16)25)13-9-3-1-2-4-11(9)21-17(13)18(14)27-12/h1-7,21,23,26H. The van der Waals surface area contributed by atoms with E-state index in [1.807, 2.05) is 24.3 Å². The molecule has 0 unspecified atom stereocenters. The maximum Gasteiger partial charge on any atom is 0.286 e. The van der Waals surface area contributed by atoms with Gasteiger partial charge >= 0.3 is 0 Å². The van der Waals surface area contributed by atoms with Gasteiger partial charge in [-0.15, -0.1) is 5.06 Å². The Bertz CT molecular complexity index is 1490. The fourth-order valence-electron chi connectivity index (χ4n) is 4.06. The predicted octanol–water partition coefficient (Wildman–Crippen LogP) is 3.91. The van der Waals surface area contributed by atoms with Crippen molar-refractivity contribution in [3.8, 4) is 5.75 Å². The lowest BCUT2D eigenvalue weighted by Crippen LogP contribution is -2.25. The number of carbonyl (C=O) groups is 2. The number of para-hydroxylation sites is 1. The van der Waals surface area contributed by atoms with Crippen molar-refractivity contribution in [2.45, 2.75) is 0 Å². The zero-order valence-electron chi connectivity index (χ0n) is 13.6. The number of aromatic amines is 1. The summed E-state index contributed by atoms with van der Waals surface area (Å²) in [6.07, 6.45) is 0. The molecule has 3 N–H and O–H groups in total. The molecule has 7 nitrogen and oxygen atoms in total. The third-order valence-corrected chi connectivity index (χ3v) is 5.17. The second-order valence-corrected chi connectivity index (χ2v) is 6.58. The van der Waals surface area contributed by atoms with Crippen LogP contribution in [-0.4, -0.2) is 32.2 Å². The lowest BCUT2D eigenvalue weighted by atomic mass is 9.97. The van der Waals surface area contributed by atoms with Gasteiger partial charge in [0.25, 0.3) is 11.8 Å². The van der Waals surface area contributed by atoms with Crippen LogP contribution in [0.5, 0.6) is 5.75 Å². The minimum atomic E-state index is -0.807. The first kappa shape index (κ1) is 14.3. The van der Waals surface area contributed by atoms with Gasteiger partial charge in [-0.3, -0.25) is 14.8 Å². The number of phenolic OH excluding ortho intramolecular Hbond substituents is 1. The zero-order valence-corrected chi connectivity index (χ0v) is 13.6. The average molecular weight is 358 g/mol. The van der Waals surface area contributed by atoms with E-state index >= 15 is 0 Å². The molecule has 27 heavy (non-hydrogen) atoms. The number of hydroxylamine groups is 2. The molecule has 2 aromatic heterocycles. The van der Waals surface area contributed by atoms with Gasteiger partial charge in [0.15, 0.2) is 5.58 Å². The number of H-pyrrole nitrogens is 1. The van der Waals surface area contributed by atoms with Crippen molar-refractivity contribution in [3.63, 3.8) is 0 Å². The smallest absolute Gasteiger partial charge is 0.286 e. The topological polar surface area (TPSA) is 107 Å². The van der Waals surface area contributed by atoms with Gasteiger partial charge in [-0.2, -0.15) is 0 Å². The Labute approximate surface area is 150 Å². The van der Waals surface area contributed by atoms with E-state index in [2.05, 4.69) is 4.98 Å². The molecule has 0 atom stereocenters. The van der Waals surface area contributed by atoms with Gasteiger partial charge in [-0.25, -0.2) is 0 Å². The summed E-state index contributed by atoms with van der Waals surface area (Å²) in [5.41, 5.74) is 2.43. The number of nitrogens with one attached hydrogen (secondary N) is 1. The van der Waals surface area contributed by atoms with Crippen LogP contribution in [0.15, 0.2) is 46.9 Å². The Morgan fingerprint density at radius 3 is 2.48 bits per heavy atom. The lowest BCUT2D eigenvalue weighted by Gasteiger charge is -2.01. The van der Waals surface area contributed by atoms with Gasteiger partial charge in [0, 0.05) is 27.1 Å². The van der Waals surface area contributed by atoms with Crippen LogP contribution in [0, 0.1) is 0 Å². The molecular formula is C20H10N2O5. The Kier molecular flexibility index (Phi) is 2.37. The summed E-state index contributed by atoms with van der Waals surface area (Å²) in [6, 6.07) is 12.0. The molecular weight excluding hydrogens is 348 g/mol. The summed E-state index contributed by atoms with van der Waals surface area (Å²) in [5.74, 6) is -1.58. The molecule has 1 aliphatic heterocycles. The predicted molar refractivity (Wildman–Crippen MR) is 97.0 cm³/mol. The maximum atomic E-state index is 12.7. The zero-order chi connectivity index (χ0) is 18.4. The lowest BCUT2D eigenvalue weighted by molar-refractivity contribution is -0.0325. The number of rotatable bonds is 0. The van der Waals surface area contributed by atoms with E-state index in [9.17, 15) is 19.9 Å². The SMILES string of the molecule is O=C1c2c(c3c4cc(O)ccc4oc3c3[nH]c4ccccc4c23)C(=O)N1O.